The molecule has 0 unspecified atom stereocenters. The Morgan fingerprint density at radius 3 is 1.71 bits per heavy atom. The molecule has 1 fully saturated rings. The summed E-state index contributed by atoms with van der Waals surface area (Å²) in [5, 5.41) is 20.6. The number of aliphatic hydroxyl groups is 2. The van der Waals surface area contributed by atoms with Crippen LogP contribution in [0.15, 0.2) is 91.0 Å². The standard InChI is InChI=1S/C27H26O8/c28-16-21-22(32-17-18-10-4-1-5-11-18)23(34-25(29)19-12-6-2-7-13-19)24(27(31)33-21)35-26(30)20-14-8-3-9-15-20/h1-15,21-24,27-28,31H,16-17H2/t21-,22+,23+,24-,27+/m1/s1. The van der Waals surface area contributed by atoms with E-state index in [0.29, 0.717) is 0 Å². The van der Waals surface area contributed by atoms with Gasteiger partial charge in [0.25, 0.3) is 0 Å². The highest BCUT2D eigenvalue weighted by molar-refractivity contribution is 5.90. The summed E-state index contributed by atoms with van der Waals surface area (Å²) in [7, 11) is 0. The minimum absolute atomic E-state index is 0.111. The maximum atomic E-state index is 12.9. The normalized spacial score (nSPS) is 23.9. The summed E-state index contributed by atoms with van der Waals surface area (Å²) in [5.41, 5.74) is 1.35. The van der Waals surface area contributed by atoms with Gasteiger partial charge in [0.2, 0.25) is 0 Å². The number of esters is 2. The summed E-state index contributed by atoms with van der Waals surface area (Å²) in [6.45, 7) is -0.407. The van der Waals surface area contributed by atoms with E-state index < -0.39 is 49.3 Å². The van der Waals surface area contributed by atoms with Crippen molar-refractivity contribution >= 4 is 11.9 Å². The molecule has 182 valence electrons. The molecule has 0 aromatic heterocycles. The molecule has 5 atom stereocenters. The first-order valence-corrected chi connectivity index (χ1v) is 11.2. The molecular weight excluding hydrogens is 452 g/mol. The molecule has 0 saturated carbocycles. The van der Waals surface area contributed by atoms with Gasteiger partial charge in [-0.1, -0.05) is 66.7 Å². The van der Waals surface area contributed by atoms with Crippen molar-refractivity contribution in [1.82, 2.24) is 0 Å². The van der Waals surface area contributed by atoms with Crippen molar-refractivity contribution in [1.29, 1.82) is 0 Å². The molecule has 1 heterocycles. The van der Waals surface area contributed by atoms with Crippen molar-refractivity contribution in [3.63, 3.8) is 0 Å². The zero-order valence-corrected chi connectivity index (χ0v) is 18.8. The third-order valence-corrected chi connectivity index (χ3v) is 5.58. The molecule has 8 nitrogen and oxygen atoms in total. The van der Waals surface area contributed by atoms with Gasteiger partial charge >= 0.3 is 11.9 Å². The summed E-state index contributed by atoms with van der Waals surface area (Å²) < 4.78 is 22.8. The van der Waals surface area contributed by atoms with E-state index >= 15 is 0 Å². The highest BCUT2D eigenvalue weighted by Gasteiger charge is 2.50. The summed E-state index contributed by atoms with van der Waals surface area (Å²) in [6, 6.07) is 25.7. The first-order valence-electron chi connectivity index (χ1n) is 11.2. The molecule has 3 aromatic rings. The lowest BCUT2D eigenvalue weighted by atomic mass is 9.98. The molecular formula is C27H26O8. The molecule has 1 aliphatic rings. The van der Waals surface area contributed by atoms with Crippen molar-refractivity contribution in [2.75, 3.05) is 6.61 Å². The molecule has 4 rings (SSSR count). The van der Waals surface area contributed by atoms with E-state index in [1.165, 1.54) is 0 Å². The van der Waals surface area contributed by atoms with Crippen LogP contribution in [0.1, 0.15) is 26.3 Å². The van der Waals surface area contributed by atoms with Crippen LogP contribution in [-0.2, 0) is 25.6 Å². The van der Waals surface area contributed by atoms with Crippen molar-refractivity contribution in [3.05, 3.63) is 108 Å². The van der Waals surface area contributed by atoms with Crippen LogP contribution in [0.3, 0.4) is 0 Å². The fourth-order valence-electron chi connectivity index (χ4n) is 3.80. The highest BCUT2D eigenvalue weighted by atomic mass is 16.7. The molecule has 0 radical (unpaired) electrons. The minimum Gasteiger partial charge on any atom is -0.452 e. The largest absolute Gasteiger partial charge is 0.452 e. The number of carbonyl (C=O) groups is 2. The maximum Gasteiger partial charge on any atom is 0.338 e. The van der Waals surface area contributed by atoms with E-state index in [1.807, 2.05) is 30.3 Å². The Hall–Kier alpha value is -3.56. The molecule has 1 saturated heterocycles. The molecule has 0 aliphatic carbocycles. The van der Waals surface area contributed by atoms with Gasteiger partial charge < -0.3 is 29.2 Å². The molecule has 0 spiro atoms. The lowest BCUT2D eigenvalue weighted by Crippen LogP contribution is -2.61. The van der Waals surface area contributed by atoms with Gasteiger partial charge in [-0.15, -0.1) is 0 Å². The van der Waals surface area contributed by atoms with E-state index in [1.54, 1.807) is 60.7 Å². The Labute approximate surface area is 202 Å². The highest BCUT2D eigenvalue weighted by Crippen LogP contribution is 2.29. The predicted octanol–water partition coefficient (Wildman–Crippen LogP) is 2.73. The Kier molecular flexibility index (Phi) is 8.23. The second-order valence-corrected chi connectivity index (χ2v) is 7.98. The Bertz CT molecular complexity index is 1090. The van der Waals surface area contributed by atoms with Gasteiger partial charge in [-0.25, -0.2) is 9.59 Å². The van der Waals surface area contributed by atoms with Crippen LogP contribution in [-0.4, -0.2) is 59.5 Å². The quantitative estimate of drug-likeness (QED) is 0.476. The molecule has 3 aromatic carbocycles. The zero-order chi connectivity index (χ0) is 24.6. The number of aliphatic hydroxyl groups excluding tert-OH is 2. The Morgan fingerprint density at radius 2 is 1.20 bits per heavy atom. The number of hydrogen-bond donors (Lipinski definition) is 2. The maximum absolute atomic E-state index is 12.9. The Morgan fingerprint density at radius 1 is 0.714 bits per heavy atom. The van der Waals surface area contributed by atoms with Crippen LogP contribution >= 0.6 is 0 Å². The Balaban J connectivity index is 1.62. The lowest BCUT2D eigenvalue weighted by Gasteiger charge is -2.43. The van der Waals surface area contributed by atoms with Crippen molar-refractivity contribution in [2.24, 2.45) is 0 Å². The number of benzene rings is 3. The predicted molar refractivity (Wildman–Crippen MR) is 124 cm³/mol. The molecule has 0 bridgehead atoms. The van der Waals surface area contributed by atoms with Gasteiger partial charge in [0, 0.05) is 0 Å². The van der Waals surface area contributed by atoms with E-state index in [0.717, 1.165) is 5.56 Å². The topological polar surface area (TPSA) is 112 Å². The monoisotopic (exact) mass is 478 g/mol. The fourth-order valence-corrected chi connectivity index (χ4v) is 3.80. The van der Waals surface area contributed by atoms with E-state index in [2.05, 4.69) is 0 Å². The number of rotatable bonds is 8. The van der Waals surface area contributed by atoms with Crippen LogP contribution in [0.4, 0.5) is 0 Å². The third kappa shape index (κ3) is 6.12. The van der Waals surface area contributed by atoms with Crippen LogP contribution in [0.2, 0.25) is 0 Å². The zero-order valence-electron chi connectivity index (χ0n) is 18.8. The van der Waals surface area contributed by atoms with E-state index in [4.69, 9.17) is 18.9 Å². The SMILES string of the molecule is O=C(O[C@@H]1[C@@H](OC(=O)c2ccccc2)[C@@H](O)O[C@H](CO)[C@@H]1OCc1ccccc1)c1ccccc1. The van der Waals surface area contributed by atoms with Crippen LogP contribution in [0.25, 0.3) is 0 Å². The first kappa shape index (κ1) is 24.6. The summed E-state index contributed by atoms with van der Waals surface area (Å²) in [6.07, 6.45) is -6.40. The number of ether oxygens (including phenoxy) is 4. The van der Waals surface area contributed by atoms with Gasteiger partial charge in [-0.3, -0.25) is 0 Å². The van der Waals surface area contributed by atoms with Gasteiger partial charge in [-0.2, -0.15) is 0 Å². The minimum atomic E-state index is -1.66. The van der Waals surface area contributed by atoms with E-state index in [-0.39, 0.29) is 17.7 Å². The summed E-state index contributed by atoms with van der Waals surface area (Å²) in [5.74, 6) is -1.43. The molecule has 8 heteroatoms. The van der Waals surface area contributed by atoms with E-state index in [9.17, 15) is 19.8 Å². The second kappa shape index (κ2) is 11.7. The summed E-state index contributed by atoms with van der Waals surface area (Å²) in [4.78, 5) is 25.7. The third-order valence-electron chi connectivity index (χ3n) is 5.58. The summed E-state index contributed by atoms with van der Waals surface area (Å²) >= 11 is 0. The van der Waals surface area contributed by atoms with Crippen molar-refractivity contribution in [3.8, 4) is 0 Å². The molecule has 0 amide bonds. The van der Waals surface area contributed by atoms with Gasteiger partial charge in [0.05, 0.1) is 24.3 Å². The van der Waals surface area contributed by atoms with Gasteiger partial charge in [0.1, 0.15) is 12.2 Å². The van der Waals surface area contributed by atoms with Gasteiger partial charge in [-0.05, 0) is 29.8 Å². The van der Waals surface area contributed by atoms with Crippen molar-refractivity contribution < 1.29 is 38.7 Å². The van der Waals surface area contributed by atoms with Crippen molar-refractivity contribution in [2.45, 2.75) is 37.3 Å². The van der Waals surface area contributed by atoms with Crippen LogP contribution in [0, 0.1) is 0 Å². The number of carbonyl (C=O) groups excluding carboxylic acids is 2. The smallest absolute Gasteiger partial charge is 0.338 e. The number of hydrogen-bond acceptors (Lipinski definition) is 8. The van der Waals surface area contributed by atoms with Crippen LogP contribution < -0.4 is 0 Å². The fraction of sp³-hybridized carbons (Fsp3) is 0.259. The lowest BCUT2D eigenvalue weighted by molar-refractivity contribution is -0.294. The average Bonchev–Trinajstić information content (AvgIpc) is 2.91. The molecule has 1 aliphatic heterocycles. The van der Waals surface area contributed by atoms with Gasteiger partial charge in [0.15, 0.2) is 18.5 Å². The first-order chi connectivity index (χ1) is 17.1. The average molecular weight is 478 g/mol. The second-order valence-electron chi connectivity index (χ2n) is 7.98. The van der Waals surface area contributed by atoms with Crippen LogP contribution in [0.5, 0.6) is 0 Å². The molecule has 2 N–H and O–H groups in total. The molecule has 35 heavy (non-hydrogen) atoms.